The molecule has 7 heteroatoms. The van der Waals surface area contributed by atoms with Gasteiger partial charge in [-0.1, -0.05) is 0 Å². The van der Waals surface area contributed by atoms with Gasteiger partial charge in [0.05, 0.1) is 11.9 Å². The maximum Gasteiger partial charge on any atom is 0.433 e. The van der Waals surface area contributed by atoms with Gasteiger partial charge in [0, 0.05) is 13.0 Å². The molecule has 0 saturated heterocycles. The summed E-state index contributed by atoms with van der Waals surface area (Å²) in [6, 6.07) is 0. The zero-order valence-corrected chi connectivity index (χ0v) is 6.93. The van der Waals surface area contributed by atoms with E-state index < -0.39 is 29.6 Å². The van der Waals surface area contributed by atoms with Gasteiger partial charge in [0.2, 0.25) is 0 Å². The number of aliphatic hydroxyl groups is 1. The average molecular weight is 208 g/mol. The topological polar surface area (TPSA) is 66.0 Å². The molecule has 0 aromatic carbocycles. The first kappa shape index (κ1) is 10.7. The fourth-order valence-electron chi connectivity index (χ4n) is 1.02. The van der Waals surface area contributed by atoms with Gasteiger partial charge in [0.15, 0.2) is 5.69 Å². The van der Waals surface area contributed by atoms with Crippen molar-refractivity contribution in [3.63, 3.8) is 0 Å². The number of halogens is 3. The van der Waals surface area contributed by atoms with Crippen LogP contribution in [0.15, 0.2) is 11.1 Å². The van der Waals surface area contributed by atoms with E-state index >= 15 is 0 Å². The van der Waals surface area contributed by atoms with Crippen molar-refractivity contribution in [1.82, 2.24) is 9.97 Å². The second-order valence-electron chi connectivity index (χ2n) is 2.53. The van der Waals surface area contributed by atoms with Gasteiger partial charge < -0.3 is 10.1 Å². The van der Waals surface area contributed by atoms with Crippen LogP contribution in [0.5, 0.6) is 0 Å². The molecular weight excluding hydrogens is 201 g/mol. The van der Waals surface area contributed by atoms with Gasteiger partial charge in [-0.05, 0) is 0 Å². The predicted octanol–water partition coefficient (Wildman–Crippen LogP) is 0.324. The van der Waals surface area contributed by atoms with Crippen molar-refractivity contribution >= 4 is 0 Å². The highest BCUT2D eigenvalue weighted by Crippen LogP contribution is 2.28. The smallest absolute Gasteiger partial charge is 0.396 e. The molecule has 14 heavy (non-hydrogen) atoms. The predicted molar refractivity (Wildman–Crippen MR) is 40.6 cm³/mol. The van der Waals surface area contributed by atoms with Crippen molar-refractivity contribution in [2.45, 2.75) is 12.6 Å². The monoisotopic (exact) mass is 208 g/mol. The van der Waals surface area contributed by atoms with Crippen LogP contribution in [-0.2, 0) is 12.6 Å². The summed E-state index contributed by atoms with van der Waals surface area (Å²) in [5.74, 6) is 0. The number of hydrogen-bond donors (Lipinski definition) is 2. The van der Waals surface area contributed by atoms with Crippen molar-refractivity contribution in [3.05, 3.63) is 27.9 Å². The Morgan fingerprint density at radius 3 is 2.64 bits per heavy atom. The molecule has 0 atom stereocenters. The van der Waals surface area contributed by atoms with Crippen LogP contribution < -0.4 is 5.56 Å². The zero-order valence-electron chi connectivity index (χ0n) is 6.93. The van der Waals surface area contributed by atoms with E-state index in [1.165, 1.54) is 0 Å². The van der Waals surface area contributed by atoms with E-state index in [4.69, 9.17) is 5.11 Å². The lowest BCUT2D eigenvalue weighted by Crippen LogP contribution is -2.23. The third-order valence-corrected chi connectivity index (χ3v) is 1.58. The molecular formula is C7H7F3N2O2. The molecule has 1 aromatic rings. The van der Waals surface area contributed by atoms with Crippen molar-refractivity contribution in [2.75, 3.05) is 6.61 Å². The first-order valence-corrected chi connectivity index (χ1v) is 3.71. The average Bonchev–Trinajstić information content (AvgIpc) is 2.07. The molecule has 0 unspecified atom stereocenters. The minimum Gasteiger partial charge on any atom is -0.396 e. The second-order valence-corrected chi connectivity index (χ2v) is 2.53. The Bertz CT molecular complexity index is 372. The van der Waals surface area contributed by atoms with E-state index in [0.29, 0.717) is 6.33 Å². The van der Waals surface area contributed by atoms with Gasteiger partial charge in [-0.3, -0.25) is 4.79 Å². The number of aliphatic hydroxyl groups excluding tert-OH is 1. The Morgan fingerprint density at radius 2 is 2.14 bits per heavy atom. The van der Waals surface area contributed by atoms with Crippen LogP contribution >= 0.6 is 0 Å². The maximum atomic E-state index is 12.3. The molecule has 0 spiro atoms. The molecule has 1 heterocycles. The summed E-state index contributed by atoms with van der Waals surface area (Å²) in [6.45, 7) is -0.530. The first-order valence-electron chi connectivity index (χ1n) is 3.71. The van der Waals surface area contributed by atoms with Crippen LogP contribution in [0.2, 0.25) is 0 Å². The minimum atomic E-state index is -4.67. The highest BCUT2D eigenvalue weighted by Gasteiger charge is 2.36. The van der Waals surface area contributed by atoms with Crippen LogP contribution in [0.4, 0.5) is 13.2 Å². The van der Waals surface area contributed by atoms with Crippen LogP contribution in [0, 0.1) is 0 Å². The number of H-pyrrole nitrogens is 1. The van der Waals surface area contributed by atoms with Gasteiger partial charge in [-0.25, -0.2) is 4.98 Å². The van der Waals surface area contributed by atoms with E-state index in [2.05, 4.69) is 4.98 Å². The standard InChI is InChI=1S/C7H7F3N2O2/c8-7(9,10)5-4(1-2-13)6(14)12-3-11-5/h3,13H,1-2H2,(H,11,12,14). The fraction of sp³-hybridized carbons (Fsp3) is 0.429. The quantitative estimate of drug-likeness (QED) is 0.735. The van der Waals surface area contributed by atoms with Crippen molar-refractivity contribution in [2.24, 2.45) is 0 Å². The number of rotatable bonds is 2. The third kappa shape index (κ3) is 2.11. The van der Waals surface area contributed by atoms with Crippen LogP contribution in [0.3, 0.4) is 0 Å². The van der Waals surface area contributed by atoms with Gasteiger partial charge in [0.25, 0.3) is 5.56 Å². The number of aromatic amines is 1. The van der Waals surface area contributed by atoms with Gasteiger partial charge in [0.1, 0.15) is 0 Å². The lowest BCUT2D eigenvalue weighted by molar-refractivity contribution is -0.142. The Balaban J connectivity index is 3.29. The summed E-state index contributed by atoms with van der Waals surface area (Å²) in [4.78, 5) is 16.0. The van der Waals surface area contributed by atoms with E-state index in [-0.39, 0.29) is 6.42 Å². The molecule has 0 amide bonds. The second kappa shape index (κ2) is 3.79. The first-order chi connectivity index (χ1) is 6.46. The summed E-state index contributed by atoms with van der Waals surface area (Å²) in [7, 11) is 0. The lowest BCUT2D eigenvalue weighted by Gasteiger charge is -2.08. The third-order valence-electron chi connectivity index (χ3n) is 1.58. The van der Waals surface area contributed by atoms with Crippen molar-refractivity contribution in [3.8, 4) is 0 Å². The molecule has 0 aliphatic heterocycles. The lowest BCUT2D eigenvalue weighted by atomic mass is 10.1. The van der Waals surface area contributed by atoms with E-state index in [0.717, 1.165) is 0 Å². The molecule has 0 radical (unpaired) electrons. The molecule has 0 saturated carbocycles. The van der Waals surface area contributed by atoms with Gasteiger partial charge in [-0.2, -0.15) is 13.2 Å². The molecule has 0 aliphatic carbocycles. The Labute approximate surface area is 76.4 Å². The summed E-state index contributed by atoms with van der Waals surface area (Å²) >= 11 is 0. The molecule has 0 bridgehead atoms. The molecule has 0 fully saturated rings. The van der Waals surface area contributed by atoms with Crippen LogP contribution in [0.25, 0.3) is 0 Å². The fourth-order valence-corrected chi connectivity index (χ4v) is 1.02. The van der Waals surface area contributed by atoms with E-state index in [1.807, 2.05) is 4.98 Å². The minimum absolute atomic E-state index is 0.363. The van der Waals surface area contributed by atoms with Gasteiger partial charge >= 0.3 is 6.18 Å². The van der Waals surface area contributed by atoms with E-state index in [1.54, 1.807) is 0 Å². The Morgan fingerprint density at radius 1 is 1.50 bits per heavy atom. The summed E-state index contributed by atoms with van der Waals surface area (Å²) in [6.07, 6.45) is -4.34. The van der Waals surface area contributed by atoms with Gasteiger partial charge in [-0.15, -0.1) is 0 Å². The molecule has 1 rings (SSSR count). The highest BCUT2D eigenvalue weighted by atomic mass is 19.4. The maximum absolute atomic E-state index is 12.3. The largest absolute Gasteiger partial charge is 0.433 e. The molecule has 78 valence electrons. The van der Waals surface area contributed by atoms with Crippen molar-refractivity contribution in [1.29, 1.82) is 0 Å². The molecule has 2 N–H and O–H groups in total. The summed E-state index contributed by atoms with van der Waals surface area (Å²) in [5, 5.41) is 8.49. The number of nitrogens with zero attached hydrogens (tertiary/aromatic N) is 1. The van der Waals surface area contributed by atoms with Crippen LogP contribution in [-0.4, -0.2) is 21.7 Å². The zero-order chi connectivity index (χ0) is 10.8. The number of nitrogens with one attached hydrogen (secondary N) is 1. The summed E-state index contributed by atoms with van der Waals surface area (Å²) < 4.78 is 36.8. The molecule has 0 aliphatic rings. The molecule has 1 aromatic heterocycles. The SMILES string of the molecule is O=c1[nH]cnc(C(F)(F)F)c1CCO. The number of hydrogen-bond acceptors (Lipinski definition) is 3. The molecule has 4 nitrogen and oxygen atoms in total. The highest BCUT2D eigenvalue weighted by molar-refractivity contribution is 5.19. The number of aromatic nitrogens is 2. The normalized spacial score (nSPS) is 11.7. The van der Waals surface area contributed by atoms with E-state index in [9.17, 15) is 18.0 Å². The Hall–Kier alpha value is -1.37. The van der Waals surface area contributed by atoms with Crippen molar-refractivity contribution < 1.29 is 18.3 Å². The summed E-state index contributed by atoms with van der Waals surface area (Å²) in [5.41, 5.74) is -2.65. The number of alkyl halides is 3. The van der Waals surface area contributed by atoms with Crippen LogP contribution in [0.1, 0.15) is 11.3 Å². The Kier molecular flexibility index (Phi) is 2.90.